The van der Waals surface area contributed by atoms with E-state index in [1.807, 2.05) is 6.07 Å². The molecule has 2 rings (SSSR count). The van der Waals surface area contributed by atoms with E-state index in [1.165, 1.54) is 0 Å². The maximum absolute atomic E-state index is 11.4. The average molecular weight is 205 g/mol. The lowest BCUT2D eigenvalue weighted by Crippen LogP contribution is -2.20. The van der Waals surface area contributed by atoms with Crippen LogP contribution in [0.15, 0.2) is 18.2 Å². The number of anilines is 1. The molecule has 0 fully saturated rings. The zero-order valence-electron chi connectivity index (χ0n) is 8.36. The molecule has 1 amide bonds. The number of carbonyl (C=O) groups is 2. The van der Waals surface area contributed by atoms with Gasteiger partial charge in [0.05, 0.1) is 12.8 Å². The average Bonchev–Trinajstić information content (AvgIpc) is 2.43. The Morgan fingerprint density at radius 3 is 2.93 bits per heavy atom. The summed E-state index contributed by atoms with van der Waals surface area (Å²) in [6, 6.07) is 5.36. The van der Waals surface area contributed by atoms with Gasteiger partial charge in [0, 0.05) is 12.7 Å². The van der Waals surface area contributed by atoms with Gasteiger partial charge in [-0.3, -0.25) is 9.59 Å². The van der Waals surface area contributed by atoms with E-state index in [0.717, 1.165) is 16.8 Å². The fourth-order valence-electron chi connectivity index (χ4n) is 1.77. The molecule has 0 atom stereocenters. The molecule has 0 saturated heterocycles. The first-order valence-electron chi connectivity index (χ1n) is 4.68. The fourth-order valence-corrected chi connectivity index (χ4v) is 1.77. The lowest BCUT2D eigenvalue weighted by molar-refractivity contribution is -0.136. The number of carboxylic acid groups (broad SMARTS) is 1. The number of benzene rings is 1. The summed E-state index contributed by atoms with van der Waals surface area (Å²) in [5.74, 6) is -0.806. The van der Waals surface area contributed by atoms with Crippen LogP contribution >= 0.6 is 0 Å². The highest BCUT2D eigenvalue weighted by atomic mass is 16.4. The van der Waals surface area contributed by atoms with Crippen LogP contribution < -0.4 is 4.90 Å². The first-order valence-corrected chi connectivity index (χ1v) is 4.68. The Morgan fingerprint density at radius 1 is 1.53 bits per heavy atom. The molecule has 1 heterocycles. The second-order valence-corrected chi connectivity index (χ2v) is 3.66. The molecule has 0 aliphatic carbocycles. The summed E-state index contributed by atoms with van der Waals surface area (Å²) < 4.78 is 0. The van der Waals surface area contributed by atoms with Crippen molar-refractivity contribution in [3.05, 3.63) is 29.3 Å². The van der Waals surface area contributed by atoms with Crippen molar-refractivity contribution in [3.8, 4) is 0 Å². The zero-order valence-corrected chi connectivity index (χ0v) is 8.36. The molecule has 1 aliphatic heterocycles. The van der Waals surface area contributed by atoms with Gasteiger partial charge in [-0.1, -0.05) is 12.1 Å². The predicted molar refractivity (Wildman–Crippen MR) is 54.9 cm³/mol. The number of likely N-dealkylation sites (N-methyl/N-ethyl adjacent to an activating group) is 1. The van der Waals surface area contributed by atoms with Crippen molar-refractivity contribution in [2.24, 2.45) is 0 Å². The van der Waals surface area contributed by atoms with Crippen molar-refractivity contribution >= 4 is 17.6 Å². The fraction of sp³-hybridized carbons (Fsp3) is 0.273. The van der Waals surface area contributed by atoms with Crippen LogP contribution in [0.4, 0.5) is 5.69 Å². The largest absolute Gasteiger partial charge is 0.481 e. The zero-order chi connectivity index (χ0) is 11.0. The summed E-state index contributed by atoms with van der Waals surface area (Å²) >= 11 is 0. The second kappa shape index (κ2) is 3.38. The number of fused-ring (bicyclic) bond motifs is 1. The smallest absolute Gasteiger partial charge is 0.307 e. The summed E-state index contributed by atoms with van der Waals surface area (Å²) in [5, 5.41) is 8.65. The summed E-state index contributed by atoms with van der Waals surface area (Å²) in [4.78, 5) is 23.5. The van der Waals surface area contributed by atoms with E-state index in [1.54, 1.807) is 24.1 Å². The normalized spacial score (nSPS) is 14.2. The number of aliphatic carboxylic acids is 1. The Labute approximate surface area is 87.1 Å². The second-order valence-electron chi connectivity index (χ2n) is 3.66. The van der Waals surface area contributed by atoms with Gasteiger partial charge in [-0.15, -0.1) is 0 Å². The van der Waals surface area contributed by atoms with Crippen LogP contribution in [0.2, 0.25) is 0 Å². The number of amides is 1. The summed E-state index contributed by atoms with van der Waals surface area (Å²) in [6.07, 6.45) is 0.411. The Hall–Kier alpha value is -1.84. The maximum atomic E-state index is 11.4. The van der Waals surface area contributed by atoms with E-state index in [9.17, 15) is 9.59 Å². The molecule has 4 heteroatoms. The molecule has 0 aromatic heterocycles. The quantitative estimate of drug-likeness (QED) is 0.778. The van der Waals surface area contributed by atoms with Gasteiger partial charge >= 0.3 is 5.97 Å². The lowest BCUT2D eigenvalue weighted by atomic mass is 10.1. The molecular formula is C11H11NO3. The van der Waals surface area contributed by atoms with Gasteiger partial charge in [-0.05, 0) is 17.2 Å². The van der Waals surface area contributed by atoms with Crippen molar-refractivity contribution in [1.82, 2.24) is 0 Å². The van der Waals surface area contributed by atoms with Crippen LogP contribution in [-0.4, -0.2) is 24.0 Å². The Balaban J connectivity index is 2.35. The van der Waals surface area contributed by atoms with E-state index in [2.05, 4.69) is 0 Å². The molecule has 1 aromatic carbocycles. The molecule has 1 aliphatic rings. The Morgan fingerprint density at radius 2 is 2.27 bits per heavy atom. The minimum atomic E-state index is -0.859. The lowest BCUT2D eigenvalue weighted by Gasteiger charge is -2.10. The highest BCUT2D eigenvalue weighted by Crippen LogP contribution is 2.28. The molecule has 78 valence electrons. The van der Waals surface area contributed by atoms with Crippen molar-refractivity contribution in [3.63, 3.8) is 0 Å². The van der Waals surface area contributed by atoms with Gasteiger partial charge in [0.15, 0.2) is 0 Å². The van der Waals surface area contributed by atoms with Crippen LogP contribution in [0.3, 0.4) is 0 Å². The van der Waals surface area contributed by atoms with Crippen LogP contribution in [0, 0.1) is 0 Å². The highest BCUT2D eigenvalue weighted by molar-refractivity contribution is 6.01. The Kier molecular flexibility index (Phi) is 2.19. The highest BCUT2D eigenvalue weighted by Gasteiger charge is 2.23. The van der Waals surface area contributed by atoms with Gasteiger partial charge in [-0.2, -0.15) is 0 Å². The Bertz CT molecular complexity index is 439. The topological polar surface area (TPSA) is 57.6 Å². The van der Waals surface area contributed by atoms with E-state index in [-0.39, 0.29) is 12.3 Å². The summed E-state index contributed by atoms with van der Waals surface area (Å²) in [7, 11) is 1.71. The first-order chi connectivity index (χ1) is 7.08. The first kappa shape index (κ1) is 9.71. The van der Waals surface area contributed by atoms with Crippen LogP contribution in [0.5, 0.6) is 0 Å². The molecule has 0 saturated carbocycles. The molecule has 15 heavy (non-hydrogen) atoms. The third-order valence-corrected chi connectivity index (χ3v) is 2.58. The van der Waals surface area contributed by atoms with E-state index in [0.29, 0.717) is 6.42 Å². The third kappa shape index (κ3) is 1.70. The van der Waals surface area contributed by atoms with Crippen molar-refractivity contribution < 1.29 is 14.7 Å². The number of hydrogen-bond donors (Lipinski definition) is 1. The van der Waals surface area contributed by atoms with Crippen molar-refractivity contribution in [1.29, 1.82) is 0 Å². The van der Waals surface area contributed by atoms with E-state index >= 15 is 0 Å². The number of hydrogen-bond acceptors (Lipinski definition) is 2. The number of carbonyl (C=O) groups excluding carboxylic acids is 1. The van der Waals surface area contributed by atoms with Gasteiger partial charge in [0.25, 0.3) is 0 Å². The van der Waals surface area contributed by atoms with Crippen LogP contribution in [-0.2, 0) is 22.4 Å². The maximum Gasteiger partial charge on any atom is 0.307 e. The molecule has 4 nitrogen and oxygen atoms in total. The number of carboxylic acids is 1. The minimum absolute atomic E-state index is 0.00465. The van der Waals surface area contributed by atoms with Crippen molar-refractivity contribution in [2.75, 3.05) is 11.9 Å². The van der Waals surface area contributed by atoms with Crippen LogP contribution in [0.25, 0.3) is 0 Å². The molecular weight excluding hydrogens is 194 g/mol. The molecule has 1 N–H and O–H groups in total. The van der Waals surface area contributed by atoms with Gasteiger partial charge in [0.2, 0.25) is 5.91 Å². The molecule has 1 aromatic rings. The van der Waals surface area contributed by atoms with E-state index in [4.69, 9.17) is 5.11 Å². The standard InChI is InChI=1S/C11H11NO3/c1-12-9-4-7(5-11(14)15)2-3-8(9)6-10(12)13/h2-4H,5-6H2,1H3,(H,14,15). The number of rotatable bonds is 2. The van der Waals surface area contributed by atoms with Gasteiger partial charge in [-0.25, -0.2) is 0 Å². The van der Waals surface area contributed by atoms with Gasteiger partial charge in [0.1, 0.15) is 0 Å². The molecule has 0 spiro atoms. The third-order valence-electron chi connectivity index (χ3n) is 2.58. The monoisotopic (exact) mass is 205 g/mol. The molecule has 0 bridgehead atoms. The summed E-state index contributed by atoms with van der Waals surface area (Å²) in [6.45, 7) is 0. The summed E-state index contributed by atoms with van der Waals surface area (Å²) in [5.41, 5.74) is 2.53. The molecule has 0 radical (unpaired) electrons. The van der Waals surface area contributed by atoms with Gasteiger partial charge < -0.3 is 10.0 Å². The van der Waals surface area contributed by atoms with Crippen LogP contribution in [0.1, 0.15) is 11.1 Å². The SMILES string of the molecule is CN1C(=O)Cc2ccc(CC(=O)O)cc21. The number of nitrogens with zero attached hydrogens (tertiary/aromatic N) is 1. The minimum Gasteiger partial charge on any atom is -0.481 e. The molecule has 0 unspecified atom stereocenters. The van der Waals surface area contributed by atoms with E-state index < -0.39 is 5.97 Å². The predicted octanol–water partition coefficient (Wildman–Crippen LogP) is 0.833. The van der Waals surface area contributed by atoms with Crippen molar-refractivity contribution in [2.45, 2.75) is 12.8 Å².